The van der Waals surface area contributed by atoms with Crippen LogP contribution in [0.5, 0.6) is 0 Å². The van der Waals surface area contributed by atoms with E-state index in [2.05, 4.69) is 5.32 Å². The molecule has 37 heavy (non-hydrogen) atoms. The topological polar surface area (TPSA) is 129 Å². The Balaban J connectivity index is 1.42. The van der Waals surface area contributed by atoms with Crippen LogP contribution in [0.15, 0.2) is 75.9 Å². The minimum Gasteiger partial charge on any atom is -0.457 e. The van der Waals surface area contributed by atoms with Gasteiger partial charge >= 0.3 is 17.7 Å². The summed E-state index contributed by atoms with van der Waals surface area (Å²) >= 11 is 0. The lowest BCUT2D eigenvalue weighted by Crippen LogP contribution is -2.24. The average molecular weight is 497 g/mol. The summed E-state index contributed by atoms with van der Waals surface area (Å²) in [5.41, 5.74) is 0.780. The molecule has 5 rings (SSSR count). The van der Waals surface area contributed by atoms with Gasteiger partial charge in [-0.15, -0.1) is 0 Å². The number of amides is 1. The number of hydrogen-bond acceptors (Lipinski definition) is 8. The molecule has 1 aliphatic rings. The van der Waals surface area contributed by atoms with E-state index >= 15 is 0 Å². The van der Waals surface area contributed by atoms with Crippen LogP contribution in [0, 0.1) is 0 Å². The number of fused-ring (bicyclic) bond motifs is 3. The summed E-state index contributed by atoms with van der Waals surface area (Å²) in [6.45, 7) is 1.57. The Morgan fingerprint density at radius 3 is 2.32 bits per heavy atom. The van der Waals surface area contributed by atoms with E-state index in [4.69, 9.17) is 13.9 Å². The third-order valence-electron chi connectivity index (χ3n) is 5.88. The molecule has 0 atom stereocenters. The zero-order chi connectivity index (χ0) is 26.1. The molecule has 0 saturated carbocycles. The molecule has 0 radical (unpaired) electrons. The predicted molar refractivity (Wildman–Crippen MR) is 132 cm³/mol. The standard InChI is InChI=1S/C28H19NO8/c1-2-35-28(34)29-16-10-11-17-15(12-23(30)37-22(17)13-16)14-36-27(33)21-9-5-8-20-24(21)26(32)19-7-4-3-6-18(19)25(20)31/h3-13H,2,14H2,1H3,(H,29,34). The van der Waals surface area contributed by atoms with Crippen LogP contribution in [0.25, 0.3) is 11.0 Å². The fourth-order valence-corrected chi connectivity index (χ4v) is 4.25. The fourth-order valence-electron chi connectivity index (χ4n) is 4.25. The van der Waals surface area contributed by atoms with E-state index in [0.717, 1.165) is 0 Å². The molecule has 1 amide bonds. The molecule has 9 nitrogen and oxygen atoms in total. The Labute approximate surface area is 209 Å². The second-order valence-corrected chi connectivity index (χ2v) is 8.16. The lowest BCUT2D eigenvalue weighted by Gasteiger charge is -2.19. The van der Waals surface area contributed by atoms with Crippen molar-refractivity contribution in [1.29, 1.82) is 0 Å². The van der Waals surface area contributed by atoms with Gasteiger partial charge in [-0.05, 0) is 25.1 Å². The van der Waals surface area contributed by atoms with Crippen LogP contribution in [0.3, 0.4) is 0 Å². The largest absolute Gasteiger partial charge is 0.457 e. The highest BCUT2D eigenvalue weighted by Crippen LogP contribution is 2.30. The zero-order valence-corrected chi connectivity index (χ0v) is 19.5. The van der Waals surface area contributed by atoms with Gasteiger partial charge in [0.15, 0.2) is 11.6 Å². The van der Waals surface area contributed by atoms with Crippen molar-refractivity contribution in [3.05, 3.63) is 111 Å². The van der Waals surface area contributed by atoms with Crippen LogP contribution in [-0.2, 0) is 16.1 Å². The first-order valence-corrected chi connectivity index (χ1v) is 11.4. The second kappa shape index (κ2) is 9.54. The Kier molecular flexibility index (Phi) is 6.10. The third kappa shape index (κ3) is 4.38. The van der Waals surface area contributed by atoms with Gasteiger partial charge in [-0.25, -0.2) is 14.4 Å². The predicted octanol–water partition coefficient (Wildman–Crippen LogP) is 4.49. The maximum atomic E-state index is 13.2. The van der Waals surface area contributed by atoms with Crippen molar-refractivity contribution in [2.24, 2.45) is 0 Å². The van der Waals surface area contributed by atoms with E-state index in [0.29, 0.717) is 16.6 Å². The highest BCUT2D eigenvalue weighted by Gasteiger charge is 2.33. The van der Waals surface area contributed by atoms with Crippen LogP contribution in [0.2, 0.25) is 0 Å². The summed E-state index contributed by atoms with van der Waals surface area (Å²) in [4.78, 5) is 63.0. The number of ketones is 2. The van der Waals surface area contributed by atoms with E-state index in [9.17, 15) is 24.0 Å². The first kappa shape index (κ1) is 23.7. The molecule has 4 aromatic rings. The highest BCUT2D eigenvalue weighted by atomic mass is 16.5. The first-order valence-electron chi connectivity index (χ1n) is 11.4. The van der Waals surface area contributed by atoms with Crippen molar-refractivity contribution in [2.75, 3.05) is 11.9 Å². The molecule has 9 heteroatoms. The molecule has 0 aliphatic heterocycles. The number of esters is 1. The van der Waals surface area contributed by atoms with Crippen LogP contribution in [-0.4, -0.2) is 30.2 Å². The average Bonchev–Trinajstić information content (AvgIpc) is 2.89. The number of carbonyl (C=O) groups is 4. The third-order valence-corrected chi connectivity index (χ3v) is 5.88. The zero-order valence-electron chi connectivity index (χ0n) is 19.5. The van der Waals surface area contributed by atoms with Gasteiger partial charge in [0.25, 0.3) is 0 Å². The molecule has 1 aliphatic carbocycles. The van der Waals surface area contributed by atoms with Crippen LogP contribution in [0.4, 0.5) is 10.5 Å². The van der Waals surface area contributed by atoms with Crippen molar-refractivity contribution in [3.63, 3.8) is 0 Å². The molecule has 0 bridgehead atoms. The maximum absolute atomic E-state index is 13.2. The Morgan fingerprint density at radius 1 is 0.838 bits per heavy atom. The number of rotatable bonds is 5. The molecule has 0 spiro atoms. The number of hydrogen-bond donors (Lipinski definition) is 1. The van der Waals surface area contributed by atoms with Crippen LogP contribution < -0.4 is 10.9 Å². The molecule has 1 N–H and O–H groups in total. The van der Waals surface area contributed by atoms with Crippen LogP contribution >= 0.6 is 0 Å². The molecule has 1 heterocycles. The molecule has 0 saturated heterocycles. The monoisotopic (exact) mass is 497 g/mol. The van der Waals surface area contributed by atoms with Gasteiger partial charge in [0, 0.05) is 51.0 Å². The quantitative estimate of drug-likeness (QED) is 0.278. The second-order valence-electron chi connectivity index (χ2n) is 8.16. The van der Waals surface area contributed by atoms with Crippen molar-refractivity contribution >= 4 is 40.3 Å². The molecule has 0 fully saturated rings. The van der Waals surface area contributed by atoms with Crippen molar-refractivity contribution in [2.45, 2.75) is 13.5 Å². The fraction of sp³-hybridized carbons (Fsp3) is 0.107. The lowest BCUT2D eigenvalue weighted by molar-refractivity contribution is 0.0471. The van der Waals surface area contributed by atoms with Crippen LogP contribution in [0.1, 0.15) is 54.7 Å². The van der Waals surface area contributed by atoms with E-state index < -0.39 is 23.5 Å². The van der Waals surface area contributed by atoms with E-state index in [1.807, 2.05) is 0 Å². The SMILES string of the molecule is CCOC(=O)Nc1ccc2c(COC(=O)c3cccc4c3C(=O)c3ccccc3C4=O)cc(=O)oc2c1. The normalized spacial score (nSPS) is 12.0. The smallest absolute Gasteiger partial charge is 0.411 e. The van der Waals surface area contributed by atoms with Gasteiger partial charge < -0.3 is 13.9 Å². The number of ether oxygens (including phenoxy) is 2. The summed E-state index contributed by atoms with van der Waals surface area (Å²) in [5, 5.41) is 3.00. The molecular weight excluding hydrogens is 478 g/mol. The van der Waals surface area contributed by atoms with E-state index in [1.165, 1.54) is 30.3 Å². The van der Waals surface area contributed by atoms with E-state index in [-0.39, 0.29) is 52.4 Å². The highest BCUT2D eigenvalue weighted by molar-refractivity contribution is 6.30. The Bertz CT molecular complexity index is 1670. The van der Waals surface area contributed by atoms with E-state index in [1.54, 1.807) is 43.3 Å². The number of anilines is 1. The summed E-state index contributed by atoms with van der Waals surface area (Å²) < 4.78 is 15.5. The molecule has 0 unspecified atom stereocenters. The van der Waals surface area contributed by atoms with Gasteiger partial charge in [0.1, 0.15) is 12.2 Å². The number of nitrogens with one attached hydrogen (secondary N) is 1. The minimum atomic E-state index is -0.820. The van der Waals surface area contributed by atoms with Gasteiger partial charge in [0.05, 0.1) is 12.2 Å². The Hall–Kier alpha value is -5.05. The summed E-state index contributed by atoms with van der Waals surface area (Å²) in [6, 6.07) is 16.7. The molecule has 184 valence electrons. The van der Waals surface area contributed by atoms with Gasteiger partial charge in [-0.2, -0.15) is 0 Å². The Morgan fingerprint density at radius 2 is 1.57 bits per heavy atom. The molecule has 1 aromatic heterocycles. The van der Waals surface area contributed by atoms with Crippen molar-refractivity contribution < 1.29 is 33.1 Å². The maximum Gasteiger partial charge on any atom is 0.411 e. The van der Waals surface area contributed by atoms with Crippen molar-refractivity contribution in [1.82, 2.24) is 0 Å². The molecular formula is C28H19NO8. The summed E-state index contributed by atoms with van der Waals surface area (Å²) in [7, 11) is 0. The van der Waals surface area contributed by atoms with Gasteiger partial charge in [-0.1, -0.05) is 36.4 Å². The lowest BCUT2D eigenvalue weighted by atomic mass is 9.82. The molecule has 3 aromatic carbocycles. The minimum absolute atomic E-state index is 0.0108. The summed E-state index contributed by atoms with van der Waals surface area (Å²) in [5.74, 6) is -1.61. The van der Waals surface area contributed by atoms with Gasteiger partial charge in [-0.3, -0.25) is 14.9 Å². The number of carbonyl (C=O) groups excluding carboxylic acids is 4. The summed E-state index contributed by atoms with van der Waals surface area (Å²) in [6.07, 6.45) is -0.656. The van der Waals surface area contributed by atoms with Crippen molar-refractivity contribution in [3.8, 4) is 0 Å². The first-order chi connectivity index (χ1) is 17.9. The van der Waals surface area contributed by atoms with Gasteiger partial charge in [0.2, 0.25) is 0 Å². The number of benzene rings is 3.